The fourth-order valence-electron chi connectivity index (χ4n) is 1.67. The minimum absolute atomic E-state index is 0.343. The van der Waals surface area contributed by atoms with Crippen molar-refractivity contribution in [2.24, 2.45) is 5.92 Å². The van der Waals surface area contributed by atoms with Crippen LogP contribution < -0.4 is 4.74 Å². The van der Waals surface area contributed by atoms with Crippen molar-refractivity contribution in [1.82, 2.24) is 0 Å². The van der Waals surface area contributed by atoms with Crippen molar-refractivity contribution >= 4 is 6.16 Å². The van der Waals surface area contributed by atoms with Gasteiger partial charge in [-0.3, -0.25) is 0 Å². The van der Waals surface area contributed by atoms with Crippen LogP contribution in [0.25, 0.3) is 0 Å². The smallest absolute Gasteiger partial charge is 0.449 e. The summed E-state index contributed by atoms with van der Waals surface area (Å²) < 4.78 is 4.33. The van der Waals surface area contributed by atoms with Crippen molar-refractivity contribution in [3.8, 4) is 5.75 Å². The van der Waals surface area contributed by atoms with Gasteiger partial charge >= 0.3 is 6.16 Å². The van der Waals surface area contributed by atoms with Crippen LogP contribution in [-0.4, -0.2) is 11.3 Å². The van der Waals surface area contributed by atoms with Gasteiger partial charge in [-0.1, -0.05) is 62.4 Å². The lowest BCUT2D eigenvalue weighted by atomic mass is 10.0. The molecule has 1 N–H and O–H groups in total. The second-order valence-corrected chi connectivity index (χ2v) is 4.76. The van der Waals surface area contributed by atoms with Gasteiger partial charge in [0.05, 0.1) is 0 Å². The van der Waals surface area contributed by atoms with Gasteiger partial charge in [0, 0.05) is 0 Å². The van der Waals surface area contributed by atoms with Gasteiger partial charge in [-0.2, -0.15) is 0 Å². The normalized spacial score (nSPS) is 9.55. The summed E-state index contributed by atoms with van der Waals surface area (Å²) in [6.07, 6.45) is -0.0906. The highest BCUT2D eigenvalue weighted by atomic mass is 16.7. The van der Waals surface area contributed by atoms with Crippen LogP contribution in [0.4, 0.5) is 4.79 Å². The molecule has 0 unspecified atom stereocenters. The zero-order chi connectivity index (χ0) is 14.8. The van der Waals surface area contributed by atoms with Gasteiger partial charge in [-0.15, -0.1) is 0 Å². The van der Waals surface area contributed by atoms with Crippen LogP contribution in [0.2, 0.25) is 0 Å². The third-order valence-corrected chi connectivity index (χ3v) is 2.44. The summed E-state index contributed by atoms with van der Waals surface area (Å²) in [5.41, 5.74) is 1.44. The van der Waals surface area contributed by atoms with Crippen molar-refractivity contribution in [2.75, 3.05) is 0 Å². The number of benzene rings is 2. The highest BCUT2D eigenvalue weighted by Gasteiger charge is 1.96. The summed E-state index contributed by atoms with van der Waals surface area (Å²) in [4.78, 5) is 9.95. The first-order valence-electron chi connectivity index (χ1n) is 6.57. The Bertz CT molecular complexity index is 492. The molecule has 106 valence electrons. The Hall–Kier alpha value is -2.29. The van der Waals surface area contributed by atoms with E-state index in [1.807, 2.05) is 0 Å². The molecule has 0 amide bonds. The van der Waals surface area contributed by atoms with Gasteiger partial charge in [0.25, 0.3) is 0 Å². The predicted octanol–water partition coefficient (Wildman–Crippen LogP) is 4.63. The van der Waals surface area contributed by atoms with Gasteiger partial charge < -0.3 is 9.84 Å². The van der Waals surface area contributed by atoms with Gasteiger partial charge in [0.15, 0.2) is 0 Å². The second-order valence-electron chi connectivity index (χ2n) is 4.76. The molecule has 0 radical (unpaired) electrons. The average Bonchev–Trinajstić information content (AvgIpc) is 2.40. The minimum Gasteiger partial charge on any atom is -0.449 e. The number of carbonyl (C=O) groups is 1. The maximum atomic E-state index is 9.95. The number of ether oxygens (including phenoxy) is 1. The molecule has 0 aromatic heterocycles. The fraction of sp³-hybridized carbons (Fsp3) is 0.235. The van der Waals surface area contributed by atoms with Crippen LogP contribution in [0.1, 0.15) is 19.4 Å². The molecule has 0 aliphatic rings. The molecule has 3 heteroatoms. The molecule has 0 saturated heterocycles. The van der Waals surface area contributed by atoms with E-state index in [9.17, 15) is 4.79 Å². The Morgan fingerprint density at radius 3 is 1.95 bits per heavy atom. The molecular formula is C17H20O3. The maximum Gasteiger partial charge on any atom is 0.511 e. The van der Waals surface area contributed by atoms with Crippen LogP contribution in [-0.2, 0) is 6.42 Å². The van der Waals surface area contributed by atoms with E-state index in [2.05, 4.69) is 48.9 Å². The van der Waals surface area contributed by atoms with E-state index in [0.29, 0.717) is 5.75 Å². The first kappa shape index (κ1) is 15.8. The van der Waals surface area contributed by atoms with Crippen LogP contribution >= 0.6 is 0 Å². The standard InChI is InChI=1S/C10H14.C7H6O3/c1-9(2)8-10-6-4-3-5-7-10;8-7(9)10-6-4-2-1-3-5-6/h3-7,9H,8H2,1-2H3;1-5H,(H,8,9). The van der Waals surface area contributed by atoms with E-state index < -0.39 is 6.16 Å². The second kappa shape index (κ2) is 8.75. The number of hydrogen-bond acceptors (Lipinski definition) is 2. The monoisotopic (exact) mass is 272 g/mol. The Kier molecular flexibility index (Phi) is 6.90. The third-order valence-electron chi connectivity index (χ3n) is 2.44. The maximum absolute atomic E-state index is 9.95. The molecule has 0 atom stereocenters. The summed E-state index contributed by atoms with van der Waals surface area (Å²) in [6.45, 7) is 4.49. The van der Waals surface area contributed by atoms with E-state index >= 15 is 0 Å². The van der Waals surface area contributed by atoms with Crippen molar-refractivity contribution < 1.29 is 14.6 Å². The quantitative estimate of drug-likeness (QED) is 0.654. The lowest BCUT2D eigenvalue weighted by Crippen LogP contribution is -2.02. The van der Waals surface area contributed by atoms with E-state index in [4.69, 9.17) is 5.11 Å². The van der Waals surface area contributed by atoms with E-state index in [1.165, 1.54) is 12.0 Å². The molecule has 0 aliphatic carbocycles. The summed E-state index contributed by atoms with van der Waals surface area (Å²) in [6, 6.07) is 19.0. The first-order valence-corrected chi connectivity index (χ1v) is 6.57. The average molecular weight is 272 g/mol. The highest BCUT2D eigenvalue weighted by molar-refractivity contribution is 5.60. The molecule has 3 nitrogen and oxygen atoms in total. The molecule has 20 heavy (non-hydrogen) atoms. The summed E-state index contributed by atoms with van der Waals surface area (Å²) in [5.74, 6) is 1.11. The Morgan fingerprint density at radius 1 is 1.00 bits per heavy atom. The molecule has 0 fully saturated rings. The SMILES string of the molecule is CC(C)Cc1ccccc1.O=C(O)Oc1ccccc1. The Balaban J connectivity index is 0.000000200. The van der Waals surface area contributed by atoms with E-state index in [0.717, 1.165) is 5.92 Å². The van der Waals surface area contributed by atoms with Crippen LogP contribution in [0.5, 0.6) is 5.75 Å². The highest BCUT2D eigenvalue weighted by Crippen LogP contribution is 2.07. The summed E-state index contributed by atoms with van der Waals surface area (Å²) >= 11 is 0. The van der Waals surface area contributed by atoms with Gasteiger partial charge in [-0.25, -0.2) is 4.79 Å². The topological polar surface area (TPSA) is 46.5 Å². The molecule has 0 bridgehead atoms. The number of rotatable bonds is 3. The molecule has 2 rings (SSSR count). The van der Waals surface area contributed by atoms with Crippen molar-refractivity contribution in [3.63, 3.8) is 0 Å². The molecule has 0 aliphatic heterocycles. The van der Waals surface area contributed by atoms with Gasteiger partial charge in [0.1, 0.15) is 5.75 Å². The lowest BCUT2D eigenvalue weighted by Gasteiger charge is -2.02. The van der Waals surface area contributed by atoms with E-state index in [1.54, 1.807) is 30.3 Å². The van der Waals surface area contributed by atoms with Crippen molar-refractivity contribution in [1.29, 1.82) is 0 Å². The largest absolute Gasteiger partial charge is 0.511 e. The van der Waals surface area contributed by atoms with Crippen LogP contribution in [0.15, 0.2) is 60.7 Å². The number of para-hydroxylation sites is 1. The fourth-order valence-corrected chi connectivity index (χ4v) is 1.67. The number of carboxylic acid groups (broad SMARTS) is 1. The molecule has 2 aromatic rings. The summed E-state index contributed by atoms with van der Waals surface area (Å²) in [5, 5.41) is 8.14. The molecule has 2 aromatic carbocycles. The molecular weight excluding hydrogens is 252 g/mol. The molecule has 0 spiro atoms. The molecule has 0 heterocycles. The van der Waals surface area contributed by atoms with Crippen LogP contribution in [0, 0.1) is 5.92 Å². The Morgan fingerprint density at radius 2 is 1.50 bits per heavy atom. The zero-order valence-corrected chi connectivity index (χ0v) is 11.8. The third kappa shape index (κ3) is 7.21. The van der Waals surface area contributed by atoms with E-state index in [-0.39, 0.29) is 0 Å². The summed E-state index contributed by atoms with van der Waals surface area (Å²) in [7, 11) is 0. The predicted molar refractivity (Wildman–Crippen MR) is 80.1 cm³/mol. The Labute approximate surface area is 119 Å². The number of hydrogen-bond donors (Lipinski definition) is 1. The minimum atomic E-state index is -1.29. The van der Waals surface area contributed by atoms with Gasteiger partial charge in [-0.05, 0) is 30.0 Å². The first-order chi connectivity index (χ1) is 9.58. The van der Waals surface area contributed by atoms with Crippen LogP contribution in [0.3, 0.4) is 0 Å². The van der Waals surface area contributed by atoms with Crippen molar-refractivity contribution in [3.05, 3.63) is 66.2 Å². The zero-order valence-electron chi connectivity index (χ0n) is 11.8. The van der Waals surface area contributed by atoms with Gasteiger partial charge in [0.2, 0.25) is 0 Å². The molecule has 0 saturated carbocycles. The lowest BCUT2D eigenvalue weighted by molar-refractivity contribution is 0.144. The van der Waals surface area contributed by atoms with Crippen molar-refractivity contribution in [2.45, 2.75) is 20.3 Å².